The minimum Gasteiger partial charge on any atom is -0.492 e. The zero-order valence-electron chi connectivity index (χ0n) is 10.2. The highest BCUT2D eigenvalue weighted by molar-refractivity contribution is 9.10. The summed E-state index contributed by atoms with van der Waals surface area (Å²) in [6.07, 6.45) is 0. The second kappa shape index (κ2) is 7.01. The van der Waals surface area contributed by atoms with Gasteiger partial charge in [-0.2, -0.15) is 0 Å². The topological polar surface area (TPSA) is 81.0 Å². The van der Waals surface area contributed by atoms with Crippen molar-refractivity contribution >= 4 is 45.1 Å². The normalized spacial score (nSPS) is 10.5. The number of rotatable bonds is 5. The number of aromatic amines is 1. The van der Waals surface area contributed by atoms with Crippen LogP contribution in [0.15, 0.2) is 38.7 Å². The van der Waals surface area contributed by atoms with E-state index in [1.54, 1.807) is 18.2 Å². The molecule has 8 heteroatoms. The first-order valence-corrected chi connectivity index (χ1v) is 7.78. The van der Waals surface area contributed by atoms with Crippen LogP contribution >= 0.6 is 39.3 Å². The Morgan fingerprint density at radius 1 is 1.45 bits per heavy atom. The highest BCUT2D eigenvalue weighted by Crippen LogP contribution is 2.28. The molecule has 2 rings (SSSR count). The number of nitrogens with one attached hydrogen (secondary N) is 1. The standard InChI is InChI=1S/C12H11BrClN3O2S/c13-8-5-7(14)1-2-9(8)19-3-4-20-12-16-10(15)6-11(18)17-12/h1-2,5-6H,3-4H2,(H3,15,16,17,18). The van der Waals surface area contributed by atoms with Crippen molar-refractivity contribution < 1.29 is 4.74 Å². The molecule has 5 nitrogen and oxygen atoms in total. The van der Waals surface area contributed by atoms with E-state index >= 15 is 0 Å². The van der Waals surface area contributed by atoms with E-state index in [4.69, 9.17) is 22.1 Å². The molecule has 1 aromatic carbocycles. The van der Waals surface area contributed by atoms with Gasteiger partial charge in [0, 0.05) is 16.8 Å². The molecule has 0 unspecified atom stereocenters. The van der Waals surface area contributed by atoms with Gasteiger partial charge in [0.05, 0.1) is 11.1 Å². The molecule has 0 radical (unpaired) electrons. The predicted molar refractivity (Wildman–Crippen MR) is 84.6 cm³/mol. The molecule has 2 aromatic rings. The number of H-pyrrole nitrogens is 1. The van der Waals surface area contributed by atoms with Crippen LogP contribution in [0.5, 0.6) is 5.75 Å². The Kier molecular flexibility index (Phi) is 5.33. The third kappa shape index (κ3) is 4.43. The van der Waals surface area contributed by atoms with E-state index in [1.165, 1.54) is 17.8 Å². The predicted octanol–water partition coefficient (Wildman–Crippen LogP) is 2.94. The van der Waals surface area contributed by atoms with Crippen LogP contribution in [0.1, 0.15) is 0 Å². The number of nitrogens with two attached hydrogens (primary N) is 1. The van der Waals surface area contributed by atoms with Crippen LogP contribution in [0, 0.1) is 0 Å². The molecule has 0 saturated carbocycles. The number of hydrogen-bond donors (Lipinski definition) is 2. The van der Waals surface area contributed by atoms with Crippen LogP contribution < -0.4 is 16.0 Å². The van der Waals surface area contributed by atoms with Crippen molar-refractivity contribution in [3.05, 3.63) is 44.1 Å². The summed E-state index contributed by atoms with van der Waals surface area (Å²) in [5.41, 5.74) is 5.23. The van der Waals surface area contributed by atoms with Crippen molar-refractivity contribution in [2.24, 2.45) is 0 Å². The fourth-order valence-electron chi connectivity index (χ4n) is 1.40. The zero-order chi connectivity index (χ0) is 14.5. The number of thioether (sulfide) groups is 1. The smallest absolute Gasteiger partial charge is 0.253 e. The van der Waals surface area contributed by atoms with Gasteiger partial charge in [0.1, 0.15) is 11.6 Å². The average Bonchev–Trinajstić information content (AvgIpc) is 2.35. The van der Waals surface area contributed by atoms with Gasteiger partial charge in [-0.1, -0.05) is 23.4 Å². The van der Waals surface area contributed by atoms with Gasteiger partial charge < -0.3 is 15.5 Å². The summed E-state index contributed by atoms with van der Waals surface area (Å²) < 4.78 is 6.39. The van der Waals surface area contributed by atoms with Crippen LogP contribution in [0.3, 0.4) is 0 Å². The molecule has 3 N–H and O–H groups in total. The van der Waals surface area contributed by atoms with Gasteiger partial charge in [-0.3, -0.25) is 4.79 Å². The summed E-state index contributed by atoms with van der Waals surface area (Å²) in [5, 5.41) is 1.12. The molecule has 0 fully saturated rings. The highest BCUT2D eigenvalue weighted by atomic mass is 79.9. The maximum absolute atomic E-state index is 11.2. The SMILES string of the molecule is Nc1cc(=O)[nH]c(SCCOc2ccc(Cl)cc2Br)n1. The fourth-order valence-corrected chi connectivity index (χ4v) is 2.90. The van der Waals surface area contributed by atoms with Crippen LogP contribution in [-0.4, -0.2) is 22.3 Å². The van der Waals surface area contributed by atoms with Crippen molar-refractivity contribution in [3.63, 3.8) is 0 Å². The Morgan fingerprint density at radius 2 is 2.25 bits per heavy atom. The Labute approximate surface area is 133 Å². The Hall–Kier alpha value is -1.18. The second-order valence-electron chi connectivity index (χ2n) is 3.75. The monoisotopic (exact) mass is 375 g/mol. The molecule has 0 bridgehead atoms. The van der Waals surface area contributed by atoms with Crippen molar-refractivity contribution in [3.8, 4) is 5.75 Å². The van der Waals surface area contributed by atoms with Crippen LogP contribution in [0.4, 0.5) is 5.82 Å². The van der Waals surface area contributed by atoms with Crippen LogP contribution in [0.2, 0.25) is 5.02 Å². The molecular formula is C12H11BrClN3O2S. The van der Waals surface area contributed by atoms with Gasteiger partial charge in [0.25, 0.3) is 5.56 Å². The Bertz CT molecular complexity index is 665. The van der Waals surface area contributed by atoms with E-state index in [0.717, 1.165) is 4.47 Å². The largest absolute Gasteiger partial charge is 0.492 e. The van der Waals surface area contributed by atoms with Crippen LogP contribution in [-0.2, 0) is 0 Å². The van der Waals surface area contributed by atoms with E-state index in [-0.39, 0.29) is 11.4 Å². The van der Waals surface area contributed by atoms with Gasteiger partial charge in [0.15, 0.2) is 5.16 Å². The van der Waals surface area contributed by atoms with Gasteiger partial charge >= 0.3 is 0 Å². The maximum Gasteiger partial charge on any atom is 0.253 e. The quantitative estimate of drug-likeness (QED) is 0.476. The number of hydrogen-bond acceptors (Lipinski definition) is 5. The molecule has 20 heavy (non-hydrogen) atoms. The van der Waals surface area contributed by atoms with Gasteiger partial charge in [0.2, 0.25) is 0 Å². The van der Waals surface area contributed by atoms with Gasteiger partial charge in [-0.05, 0) is 34.1 Å². The summed E-state index contributed by atoms with van der Waals surface area (Å²) in [4.78, 5) is 17.8. The summed E-state index contributed by atoms with van der Waals surface area (Å²) in [6.45, 7) is 0.462. The average molecular weight is 377 g/mol. The number of nitrogen functional groups attached to an aromatic ring is 1. The van der Waals surface area contributed by atoms with E-state index < -0.39 is 0 Å². The molecule has 106 valence electrons. The summed E-state index contributed by atoms with van der Waals surface area (Å²) in [7, 11) is 0. The lowest BCUT2D eigenvalue weighted by Crippen LogP contribution is -2.10. The maximum atomic E-state index is 11.2. The number of nitrogens with zero attached hydrogens (tertiary/aromatic N) is 1. The van der Waals surface area contributed by atoms with Crippen LogP contribution in [0.25, 0.3) is 0 Å². The first kappa shape index (κ1) is 15.2. The molecule has 0 aliphatic rings. The summed E-state index contributed by atoms with van der Waals surface area (Å²) in [5.74, 6) is 1.54. The van der Waals surface area contributed by atoms with Crippen molar-refractivity contribution in [2.45, 2.75) is 5.16 Å². The Balaban J connectivity index is 1.86. The number of anilines is 1. The third-order valence-corrected chi connectivity index (χ3v) is 3.91. The fraction of sp³-hybridized carbons (Fsp3) is 0.167. The molecule has 0 atom stereocenters. The minimum absolute atomic E-state index is 0.206. The van der Waals surface area contributed by atoms with Crippen molar-refractivity contribution in [1.82, 2.24) is 9.97 Å². The van der Waals surface area contributed by atoms with E-state index in [9.17, 15) is 4.79 Å². The Morgan fingerprint density at radius 3 is 2.95 bits per heavy atom. The molecule has 0 spiro atoms. The molecule has 0 saturated heterocycles. The first-order valence-electron chi connectivity index (χ1n) is 5.62. The molecule has 0 amide bonds. The lowest BCUT2D eigenvalue weighted by Gasteiger charge is -2.08. The highest BCUT2D eigenvalue weighted by Gasteiger charge is 2.03. The molecule has 0 aliphatic heterocycles. The van der Waals surface area contributed by atoms with Crippen molar-refractivity contribution in [2.75, 3.05) is 18.1 Å². The molecule has 0 aliphatic carbocycles. The van der Waals surface area contributed by atoms with Gasteiger partial charge in [-0.15, -0.1) is 0 Å². The van der Waals surface area contributed by atoms with E-state index in [1.807, 2.05) is 0 Å². The molecule has 1 heterocycles. The second-order valence-corrected chi connectivity index (χ2v) is 6.12. The lowest BCUT2D eigenvalue weighted by atomic mass is 10.3. The first-order chi connectivity index (χ1) is 9.54. The molecule has 1 aromatic heterocycles. The molecular weight excluding hydrogens is 366 g/mol. The third-order valence-electron chi connectivity index (χ3n) is 2.21. The number of aromatic nitrogens is 2. The zero-order valence-corrected chi connectivity index (χ0v) is 13.4. The summed E-state index contributed by atoms with van der Waals surface area (Å²) in [6, 6.07) is 6.55. The van der Waals surface area contributed by atoms with Gasteiger partial charge in [-0.25, -0.2) is 4.98 Å². The van der Waals surface area contributed by atoms with Crippen molar-refractivity contribution in [1.29, 1.82) is 0 Å². The number of benzene rings is 1. The minimum atomic E-state index is -0.263. The lowest BCUT2D eigenvalue weighted by molar-refractivity contribution is 0.341. The van der Waals surface area contributed by atoms with E-state index in [2.05, 4.69) is 25.9 Å². The summed E-state index contributed by atoms with van der Waals surface area (Å²) >= 11 is 10.6. The number of halogens is 2. The number of ether oxygens (including phenoxy) is 1. The van der Waals surface area contributed by atoms with E-state index in [0.29, 0.717) is 28.3 Å².